The van der Waals surface area contributed by atoms with Crippen LogP contribution in [-0.2, 0) is 0 Å². The van der Waals surface area contributed by atoms with Crippen molar-refractivity contribution in [1.29, 1.82) is 0 Å². The van der Waals surface area contributed by atoms with Crippen LogP contribution in [0.1, 0.15) is 23.0 Å². The van der Waals surface area contributed by atoms with E-state index < -0.39 is 5.97 Å². The average molecular weight is 220 g/mol. The normalized spacial score (nSPS) is 9.88. The van der Waals surface area contributed by atoms with Crippen LogP contribution in [0.2, 0.25) is 0 Å². The third-order valence-electron chi connectivity index (χ3n) is 2.24. The molecule has 0 saturated heterocycles. The number of aryl methyl sites for hydroxylation is 1. The Labute approximate surface area is 95.2 Å². The maximum Gasteiger partial charge on any atom is 0.335 e. The number of nitrogens with zero attached hydrogens (tertiary/aromatic N) is 2. The van der Waals surface area contributed by atoms with Crippen LogP contribution in [0.5, 0.6) is 0 Å². The van der Waals surface area contributed by atoms with Crippen molar-refractivity contribution in [2.45, 2.75) is 13.8 Å². The summed E-state index contributed by atoms with van der Waals surface area (Å²) in [5, 5.41) is 8.95. The molecule has 16 heavy (non-hydrogen) atoms. The minimum Gasteiger partial charge on any atom is -0.478 e. The Bertz CT molecular complexity index is 402. The second-order valence-electron chi connectivity index (χ2n) is 3.49. The fourth-order valence-corrected chi connectivity index (χ4v) is 1.48. The van der Waals surface area contributed by atoms with E-state index in [-0.39, 0.29) is 5.56 Å². The highest BCUT2D eigenvalue weighted by atomic mass is 16.4. The van der Waals surface area contributed by atoms with Crippen molar-refractivity contribution in [3.63, 3.8) is 0 Å². The van der Waals surface area contributed by atoms with Gasteiger partial charge in [-0.3, -0.25) is 0 Å². The first kappa shape index (κ1) is 12.2. The smallest absolute Gasteiger partial charge is 0.335 e. The molecule has 0 radical (unpaired) electrons. The predicted molar refractivity (Wildman–Crippen MR) is 64.0 cm³/mol. The van der Waals surface area contributed by atoms with E-state index in [0.717, 1.165) is 6.54 Å². The highest BCUT2D eigenvalue weighted by Gasteiger charge is 2.10. The molecule has 0 aliphatic rings. The van der Waals surface area contributed by atoms with Gasteiger partial charge in [0.25, 0.3) is 0 Å². The summed E-state index contributed by atoms with van der Waals surface area (Å²) in [5.74, 6) is -0.249. The lowest BCUT2D eigenvalue weighted by molar-refractivity contribution is 0.0696. The number of aromatic nitrogens is 1. The van der Waals surface area contributed by atoms with Gasteiger partial charge >= 0.3 is 5.97 Å². The van der Waals surface area contributed by atoms with Crippen molar-refractivity contribution in [3.05, 3.63) is 36.0 Å². The van der Waals surface area contributed by atoms with Gasteiger partial charge in [-0.1, -0.05) is 6.08 Å². The third-order valence-corrected chi connectivity index (χ3v) is 2.24. The predicted octanol–water partition coefficient (Wildman–Crippen LogP) is 2.10. The molecular formula is C12H16N2O2. The van der Waals surface area contributed by atoms with Crippen molar-refractivity contribution >= 4 is 11.8 Å². The van der Waals surface area contributed by atoms with E-state index >= 15 is 0 Å². The lowest BCUT2D eigenvalue weighted by Gasteiger charge is -2.20. The minimum atomic E-state index is -0.929. The number of carboxylic acids is 1. The zero-order valence-corrected chi connectivity index (χ0v) is 9.60. The van der Waals surface area contributed by atoms with Gasteiger partial charge in [0.1, 0.15) is 5.82 Å². The van der Waals surface area contributed by atoms with Gasteiger partial charge < -0.3 is 10.0 Å². The van der Waals surface area contributed by atoms with E-state index in [2.05, 4.69) is 11.6 Å². The van der Waals surface area contributed by atoms with Gasteiger partial charge in [0.2, 0.25) is 0 Å². The fourth-order valence-electron chi connectivity index (χ4n) is 1.48. The lowest BCUT2D eigenvalue weighted by atomic mass is 10.2. The molecule has 0 aromatic carbocycles. The molecule has 1 aromatic rings. The minimum absolute atomic E-state index is 0.269. The van der Waals surface area contributed by atoms with Crippen LogP contribution in [0, 0.1) is 6.92 Å². The highest BCUT2D eigenvalue weighted by Crippen LogP contribution is 2.14. The average Bonchev–Trinajstić information content (AvgIpc) is 2.24. The standard InChI is InChI=1S/C12H16N2O2/c1-4-6-14(5-2)11-8-10(12(15)16)7-9(3)13-11/h4,7-8H,1,5-6H2,2-3H3,(H,15,16). The summed E-state index contributed by atoms with van der Waals surface area (Å²) in [6.45, 7) is 8.88. The van der Waals surface area contributed by atoms with E-state index in [1.54, 1.807) is 25.1 Å². The molecule has 0 saturated carbocycles. The number of pyridine rings is 1. The lowest BCUT2D eigenvalue weighted by Crippen LogP contribution is -2.24. The Morgan fingerprint density at radius 2 is 2.31 bits per heavy atom. The molecular weight excluding hydrogens is 204 g/mol. The number of carboxylic acid groups (broad SMARTS) is 1. The zero-order chi connectivity index (χ0) is 12.1. The maximum absolute atomic E-state index is 10.9. The Morgan fingerprint density at radius 1 is 1.62 bits per heavy atom. The second-order valence-corrected chi connectivity index (χ2v) is 3.49. The van der Waals surface area contributed by atoms with E-state index in [1.165, 1.54) is 0 Å². The summed E-state index contributed by atoms with van der Waals surface area (Å²) in [5.41, 5.74) is 0.974. The number of aromatic carboxylic acids is 1. The second kappa shape index (κ2) is 5.30. The van der Waals surface area contributed by atoms with Crippen LogP contribution in [-0.4, -0.2) is 29.1 Å². The Kier molecular flexibility index (Phi) is 4.05. The van der Waals surface area contributed by atoms with Crippen molar-refractivity contribution in [3.8, 4) is 0 Å². The molecule has 0 fully saturated rings. The van der Waals surface area contributed by atoms with Gasteiger partial charge in [-0.25, -0.2) is 9.78 Å². The van der Waals surface area contributed by atoms with Gasteiger partial charge in [0.05, 0.1) is 5.56 Å². The molecule has 4 heteroatoms. The monoisotopic (exact) mass is 220 g/mol. The molecule has 1 heterocycles. The number of hydrogen-bond donors (Lipinski definition) is 1. The summed E-state index contributed by atoms with van der Waals surface area (Å²) in [6, 6.07) is 3.15. The molecule has 0 amide bonds. The third kappa shape index (κ3) is 2.82. The van der Waals surface area contributed by atoms with Gasteiger partial charge in [0.15, 0.2) is 0 Å². The van der Waals surface area contributed by atoms with Crippen LogP contribution in [0.25, 0.3) is 0 Å². The van der Waals surface area contributed by atoms with E-state index in [9.17, 15) is 4.79 Å². The van der Waals surface area contributed by atoms with Gasteiger partial charge in [0, 0.05) is 18.8 Å². The zero-order valence-electron chi connectivity index (χ0n) is 9.60. The van der Waals surface area contributed by atoms with E-state index in [0.29, 0.717) is 18.1 Å². The molecule has 4 nitrogen and oxygen atoms in total. The van der Waals surface area contributed by atoms with Crippen LogP contribution in [0.4, 0.5) is 5.82 Å². The van der Waals surface area contributed by atoms with E-state index in [4.69, 9.17) is 5.11 Å². The highest BCUT2D eigenvalue weighted by molar-refractivity contribution is 5.88. The van der Waals surface area contributed by atoms with Crippen molar-refractivity contribution in [1.82, 2.24) is 4.98 Å². The van der Waals surface area contributed by atoms with Crippen molar-refractivity contribution in [2.75, 3.05) is 18.0 Å². The molecule has 0 spiro atoms. The first-order chi connectivity index (χ1) is 7.58. The summed E-state index contributed by atoms with van der Waals surface area (Å²) in [6.07, 6.45) is 1.77. The van der Waals surface area contributed by atoms with Crippen LogP contribution in [0.3, 0.4) is 0 Å². The molecule has 1 aromatic heterocycles. The topological polar surface area (TPSA) is 53.4 Å². The molecule has 0 aliphatic heterocycles. The maximum atomic E-state index is 10.9. The van der Waals surface area contributed by atoms with Crippen LogP contribution < -0.4 is 4.90 Å². The molecule has 0 unspecified atom stereocenters. The van der Waals surface area contributed by atoms with Crippen molar-refractivity contribution in [2.24, 2.45) is 0 Å². The first-order valence-electron chi connectivity index (χ1n) is 5.16. The number of anilines is 1. The molecule has 86 valence electrons. The Hall–Kier alpha value is -1.84. The Morgan fingerprint density at radius 3 is 2.81 bits per heavy atom. The molecule has 1 N–H and O–H groups in total. The molecule has 0 atom stereocenters. The van der Waals surface area contributed by atoms with Gasteiger partial charge in [-0.2, -0.15) is 0 Å². The SMILES string of the molecule is C=CCN(CC)c1cc(C(=O)O)cc(C)n1. The molecule has 0 aliphatic carbocycles. The van der Waals surface area contributed by atoms with E-state index in [1.807, 2.05) is 11.8 Å². The summed E-state index contributed by atoms with van der Waals surface area (Å²) in [7, 11) is 0. The summed E-state index contributed by atoms with van der Waals surface area (Å²) in [4.78, 5) is 17.2. The fraction of sp³-hybridized carbons (Fsp3) is 0.333. The number of carbonyl (C=O) groups is 1. The largest absolute Gasteiger partial charge is 0.478 e. The van der Waals surface area contributed by atoms with Crippen LogP contribution in [0.15, 0.2) is 24.8 Å². The molecule has 0 bridgehead atoms. The number of likely N-dealkylation sites (N-methyl/N-ethyl adjacent to an activating group) is 1. The quantitative estimate of drug-likeness (QED) is 0.772. The first-order valence-corrected chi connectivity index (χ1v) is 5.16. The van der Waals surface area contributed by atoms with Crippen molar-refractivity contribution < 1.29 is 9.90 Å². The molecule has 1 rings (SSSR count). The van der Waals surface area contributed by atoms with Crippen LogP contribution >= 0.6 is 0 Å². The summed E-state index contributed by atoms with van der Waals surface area (Å²) < 4.78 is 0. The number of hydrogen-bond acceptors (Lipinski definition) is 3. The summed E-state index contributed by atoms with van der Waals surface area (Å²) >= 11 is 0. The Balaban J connectivity index is 3.11. The number of rotatable bonds is 5. The van der Waals surface area contributed by atoms with Gasteiger partial charge in [-0.15, -0.1) is 6.58 Å². The van der Waals surface area contributed by atoms with Gasteiger partial charge in [-0.05, 0) is 26.0 Å².